The van der Waals surface area contributed by atoms with Gasteiger partial charge in [-0.3, -0.25) is 4.79 Å². The third-order valence-electron chi connectivity index (χ3n) is 4.11. The zero-order chi connectivity index (χ0) is 15.5. The molecular formula is C18H20N2O2. The van der Waals surface area contributed by atoms with Gasteiger partial charge in [0.15, 0.2) is 0 Å². The zero-order valence-electron chi connectivity index (χ0n) is 12.6. The Morgan fingerprint density at radius 1 is 1.14 bits per heavy atom. The van der Waals surface area contributed by atoms with Gasteiger partial charge < -0.3 is 15.4 Å². The van der Waals surface area contributed by atoms with E-state index < -0.39 is 0 Å². The highest BCUT2D eigenvalue weighted by molar-refractivity contribution is 5.97. The summed E-state index contributed by atoms with van der Waals surface area (Å²) in [6.45, 7) is 2.95. The Kier molecular flexibility index (Phi) is 4.11. The average molecular weight is 296 g/mol. The Bertz CT molecular complexity index is 657. The van der Waals surface area contributed by atoms with Crippen LogP contribution >= 0.6 is 0 Å². The van der Waals surface area contributed by atoms with Crippen LogP contribution in [0, 0.1) is 5.92 Å². The number of para-hydroxylation sites is 2. The molecule has 2 atom stereocenters. The summed E-state index contributed by atoms with van der Waals surface area (Å²) in [7, 11) is 0. The van der Waals surface area contributed by atoms with Crippen LogP contribution in [0.1, 0.15) is 18.5 Å². The van der Waals surface area contributed by atoms with Crippen molar-refractivity contribution in [3.63, 3.8) is 0 Å². The molecule has 0 saturated carbocycles. The second kappa shape index (κ2) is 6.20. The van der Waals surface area contributed by atoms with Crippen molar-refractivity contribution >= 4 is 11.6 Å². The fourth-order valence-electron chi connectivity index (χ4n) is 2.76. The third-order valence-corrected chi connectivity index (χ3v) is 4.11. The molecule has 0 saturated heterocycles. The van der Waals surface area contributed by atoms with Crippen LogP contribution in [0.5, 0.6) is 5.75 Å². The van der Waals surface area contributed by atoms with Gasteiger partial charge in [-0.1, -0.05) is 49.4 Å². The second-order valence-electron chi connectivity index (χ2n) is 5.53. The topological polar surface area (TPSA) is 55.6 Å². The smallest absolute Gasteiger partial charge is 0.231 e. The molecule has 4 heteroatoms. The molecule has 2 unspecified atom stereocenters. The fourth-order valence-corrected chi connectivity index (χ4v) is 2.76. The van der Waals surface area contributed by atoms with Crippen molar-refractivity contribution in [1.82, 2.24) is 0 Å². The highest BCUT2D eigenvalue weighted by atomic mass is 16.5. The lowest BCUT2D eigenvalue weighted by Gasteiger charge is -2.32. The number of rotatable bonds is 3. The SMILES string of the molecule is CC(C(=O)N1CCOc2ccccc21)C(N)c1ccccc1. The number of benzene rings is 2. The van der Waals surface area contributed by atoms with E-state index in [1.807, 2.05) is 61.5 Å². The Hall–Kier alpha value is -2.33. The first-order chi connectivity index (χ1) is 10.7. The van der Waals surface area contributed by atoms with E-state index in [9.17, 15) is 4.79 Å². The minimum atomic E-state index is -0.316. The summed E-state index contributed by atoms with van der Waals surface area (Å²) in [5.74, 6) is 0.489. The molecule has 0 bridgehead atoms. The molecule has 2 aromatic rings. The average Bonchev–Trinajstić information content (AvgIpc) is 2.60. The zero-order valence-corrected chi connectivity index (χ0v) is 12.6. The highest BCUT2D eigenvalue weighted by Gasteiger charge is 2.30. The maximum atomic E-state index is 12.9. The van der Waals surface area contributed by atoms with Gasteiger partial charge in [-0.05, 0) is 17.7 Å². The summed E-state index contributed by atoms with van der Waals surface area (Å²) in [6, 6.07) is 17.0. The molecule has 2 aromatic carbocycles. The molecule has 22 heavy (non-hydrogen) atoms. The number of nitrogens with zero attached hydrogens (tertiary/aromatic N) is 1. The fraction of sp³-hybridized carbons (Fsp3) is 0.278. The lowest BCUT2D eigenvalue weighted by molar-refractivity contribution is -0.122. The Labute approximate surface area is 130 Å². The van der Waals surface area contributed by atoms with Crippen LogP contribution < -0.4 is 15.4 Å². The van der Waals surface area contributed by atoms with Crippen molar-refractivity contribution in [1.29, 1.82) is 0 Å². The van der Waals surface area contributed by atoms with Gasteiger partial charge >= 0.3 is 0 Å². The van der Waals surface area contributed by atoms with Crippen LogP contribution in [-0.4, -0.2) is 19.1 Å². The molecule has 1 heterocycles. The van der Waals surface area contributed by atoms with Crippen molar-refractivity contribution in [3.05, 3.63) is 60.2 Å². The van der Waals surface area contributed by atoms with E-state index in [0.29, 0.717) is 13.2 Å². The van der Waals surface area contributed by atoms with E-state index in [4.69, 9.17) is 10.5 Å². The van der Waals surface area contributed by atoms with Crippen molar-refractivity contribution in [2.45, 2.75) is 13.0 Å². The van der Waals surface area contributed by atoms with Crippen molar-refractivity contribution in [3.8, 4) is 5.75 Å². The first-order valence-electron chi connectivity index (χ1n) is 7.52. The molecule has 2 N–H and O–H groups in total. The number of fused-ring (bicyclic) bond motifs is 1. The number of carbonyl (C=O) groups is 1. The Morgan fingerprint density at radius 2 is 1.82 bits per heavy atom. The number of hydrogen-bond acceptors (Lipinski definition) is 3. The molecule has 0 spiro atoms. The lowest BCUT2D eigenvalue weighted by Crippen LogP contribution is -2.43. The van der Waals surface area contributed by atoms with Crippen LogP contribution in [0.2, 0.25) is 0 Å². The number of ether oxygens (including phenoxy) is 1. The van der Waals surface area contributed by atoms with Gasteiger partial charge in [0.25, 0.3) is 0 Å². The van der Waals surface area contributed by atoms with E-state index >= 15 is 0 Å². The highest BCUT2D eigenvalue weighted by Crippen LogP contribution is 2.33. The minimum absolute atomic E-state index is 0.0344. The molecular weight excluding hydrogens is 276 g/mol. The van der Waals surface area contributed by atoms with Crippen LogP contribution in [-0.2, 0) is 4.79 Å². The molecule has 0 aliphatic carbocycles. The summed E-state index contributed by atoms with van der Waals surface area (Å²) in [5.41, 5.74) is 8.09. The number of carbonyl (C=O) groups excluding carboxylic acids is 1. The van der Waals surface area contributed by atoms with E-state index in [1.165, 1.54) is 0 Å². The molecule has 1 aliphatic heterocycles. The molecule has 1 aliphatic rings. The molecule has 3 rings (SSSR count). The molecule has 4 nitrogen and oxygen atoms in total. The first kappa shape index (κ1) is 14.6. The number of amides is 1. The van der Waals surface area contributed by atoms with E-state index in [2.05, 4.69) is 0 Å². The molecule has 1 amide bonds. The van der Waals surface area contributed by atoms with E-state index in [-0.39, 0.29) is 17.9 Å². The molecule has 0 radical (unpaired) electrons. The van der Waals surface area contributed by atoms with Crippen molar-refractivity contribution in [2.75, 3.05) is 18.1 Å². The third kappa shape index (κ3) is 2.70. The quantitative estimate of drug-likeness (QED) is 0.947. The summed E-state index contributed by atoms with van der Waals surface area (Å²) in [5, 5.41) is 0. The van der Waals surface area contributed by atoms with Gasteiger partial charge in [-0.25, -0.2) is 0 Å². The van der Waals surface area contributed by atoms with Gasteiger partial charge in [0.1, 0.15) is 12.4 Å². The second-order valence-corrected chi connectivity index (χ2v) is 5.53. The van der Waals surface area contributed by atoms with Gasteiger partial charge in [0, 0.05) is 6.04 Å². The number of hydrogen-bond donors (Lipinski definition) is 1. The maximum Gasteiger partial charge on any atom is 0.231 e. The van der Waals surface area contributed by atoms with Gasteiger partial charge in [0.05, 0.1) is 18.2 Å². The van der Waals surface area contributed by atoms with Crippen LogP contribution in [0.15, 0.2) is 54.6 Å². The van der Waals surface area contributed by atoms with E-state index in [0.717, 1.165) is 17.0 Å². The van der Waals surface area contributed by atoms with Crippen molar-refractivity contribution in [2.24, 2.45) is 11.7 Å². The van der Waals surface area contributed by atoms with Crippen LogP contribution in [0.3, 0.4) is 0 Å². The summed E-state index contributed by atoms with van der Waals surface area (Å²) >= 11 is 0. The van der Waals surface area contributed by atoms with Crippen molar-refractivity contribution < 1.29 is 9.53 Å². The molecule has 0 fully saturated rings. The normalized spacial score (nSPS) is 16.4. The summed E-state index contributed by atoms with van der Waals surface area (Å²) in [4.78, 5) is 14.6. The van der Waals surface area contributed by atoms with Crippen LogP contribution in [0.4, 0.5) is 5.69 Å². The standard InChI is InChI=1S/C18H20N2O2/c1-13(17(19)14-7-3-2-4-8-14)18(21)20-11-12-22-16-10-6-5-9-15(16)20/h2-10,13,17H,11-12,19H2,1H3. The Balaban J connectivity index is 1.82. The predicted molar refractivity (Wildman–Crippen MR) is 86.8 cm³/mol. The minimum Gasteiger partial charge on any atom is -0.490 e. The van der Waals surface area contributed by atoms with Gasteiger partial charge in [-0.15, -0.1) is 0 Å². The van der Waals surface area contributed by atoms with Crippen LogP contribution in [0.25, 0.3) is 0 Å². The molecule has 114 valence electrons. The largest absolute Gasteiger partial charge is 0.490 e. The van der Waals surface area contributed by atoms with E-state index in [1.54, 1.807) is 4.90 Å². The van der Waals surface area contributed by atoms with Gasteiger partial charge in [-0.2, -0.15) is 0 Å². The molecule has 0 aromatic heterocycles. The van der Waals surface area contributed by atoms with Gasteiger partial charge in [0.2, 0.25) is 5.91 Å². The number of anilines is 1. The lowest BCUT2D eigenvalue weighted by atomic mass is 9.94. The predicted octanol–water partition coefficient (Wildman–Crippen LogP) is 2.75. The summed E-state index contributed by atoms with van der Waals surface area (Å²) in [6.07, 6.45) is 0. The monoisotopic (exact) mass is 296 g/mol. The Morgan fingerprint density at radius 3 is 2.59 bits per heavy atom. The first-order valence-corrected chi connectivity index (χ1v) is 7.52. The maximum absolute atomic E-state index is 12.9. The summed E-state index contributed by atoms with van der Waals surface area (Å²) < 4.78 is 5.60. The number of nitrogens with two attached hydrogens (primary N) is 1.